The molecular formula is C15H23N3O. The van der Waals surface area contributed by atoms with Gasteiger partial charge in [-0.05, 0) is 37.5 Å². The largest absolute Gasteiger partial charge is 0.391 e. The van der Waals surface area contributed by atoms with Crippen molar-refractivity contribution in [2.24, 2.45) is 5.73 Å². The normalized spacial score (nSPS) is 23.1. The Morgan fingerprint density at radius 2 is 2.05 bits per heavy atom. The average Bonchev–Trinajstić information content (AvgIpc) is 2.38. The Labute approximate surface area is 114 Å². The van der Waals surface area contributed by atoms with Gasteiger partial charge in [-0.3, -0.25) is 5.41 Å². The summed E-state index contributed by atoms with van der Waals surface area (Å²) < 4.78 is 0. The van der Waals surface area contributed by atoms with Crippen molar-refractivity contribution in [1.29, 1.82) is 5.41 Å². The number of aliphatic hydroxyl groups is 1. The molecule has 0 radical (unpaired) electrons. The molecule has 1 aliphatic carbocycles. The molecule has 4 nitrogen and oxygen atoms in total. The minimum absolute atomic E-state index is 0.0761. The van der Waals surface area contributed by atoms with Gasteiger partial charge in [0.25, 0.3) is 0 Å². The lowest BCUT2D eigenvalue weighted by Crippen LogP contribution is -2.44. The molecule has 0 aliphatic heterocycles. The van der Waals surface area contributed by atoms with Gasteiger partial charge in [-0.15, -0.1) is 0 Å². The number of hydrogen-bond donors (Lipinski definition) is 3. The molecule has 2 rings (SSSR count). The topological polar surface area (TPSA) is 73.3 Å². The van der Waals surface area contributed by atoms with E-state index in [9.17, 15) is 5.11 Å². The predicted molar refractivity (Wildman–Crippen MR) is 78.9 cm³/mol. The highest BCUT2D eigenvalue weighted by atomic mass is 16.3. The quantitative estimate of drug-likeness (QED) is 0.575. The first kappa shape index (κ1) is 13.9. The van der Waals surface area contributed by atoms with Gasteiger partial charge in [-0.25, -0.2) is 0 Å². The maximum absolute atomic E-state index is 10.2. The van der Waals surface area contributed by atoms with Crippen molar-refractivity contribution >= 4 is 11.5 Å². The van der Waals surface area contributed by atoms with Gasteiger partial charge in [0.15, 0.2) is 0 Å². The van der Waals surface area contributed by atoms with Crippen molar-refractivity contribution in [2.75, 3.05) is 11.9 Å². The van der Waals surface area contributed by atoms with E-state index >= 15 is 0 Å². The fraction of sp³-hybridized carbons (Fsp3) is 0.533. The molecule has 0 saturated heterocycles. The molecule has 0 amide bonds. The molecule has 0 spiro atoms. The van der Waals surface area contributed by atoms with Crippen LogP contribution in [0.25, 0.3) is 0 Å². The van der Waals surface area contributed by atoms with Crippen LogP contribution in [0.5, 0.6) is 0 Å². The fourth-order valence-corrected chi connectivity index (χ4v) is 2.88. The smallest absolute Gasteiger partial charge is 0.124 e. The van der Waals surface area contributed by atoms with Crippen molar-refractivity contribution in [2.45, 2.75) is 44.8 Å². The highest BCUT2D eigenvalue weighted by Gasteiger charge is 2.28. The van der Waals surface area contributed by atoms with Crippen LogP contribution in [0.1, 0.15) is 36.8 Å². The number of likely N-dealkylation sites (N-methyl/N-ethyl adjacent to an activating group) is 1. The monoisotopic (exact) mass is 261 g/mol. The van der Waals surface area contributed by atoms with Crippen LogP contribution >= 0.6 is 0 Å². The van der Waals surface area contributed by atoms with Gasteiger partial charge in [0.1, 0.15) is 5.84 Å². The minimum atomic E-state index is -0.293. The zero-order chi connectivity index (χ0) is 14.0. The molecule has 1 fully saturated rings. The lowest BCUT2D eigenvalue weighted by Gasteiger charge is -2.37. The Kier molecular flexibility index (Phi) is 4.10. The van der Waals surface area contributed by atoms with Crippen molar-refractivity contribution in [1.82, 2.24) is 0 Å². The highest BCUT2D eigenvalue weighted by molar-refractivity contribution is 6.00. The van der Waals surface area contributed by atoms with E-state index < -0.39 is 0 Å². The van der Waals surface area contributed by atoms with E-state index in [1.807, 2.05) is 32.2 Å². The molecular weight excluding hydrogens is 238 g/mol. The van der Waals surface area contributed by atoms with Crippen LogP contribution in [-0.2, 0) is 0 Å². The number of amidine groups is 1. The fourth-order valence-electron chi connectivity index (χ4n) is 2.88. The van der Waals surface area contributed by atoms with Crippen molar-refractivity contribution in [3.63, 3.8) is 0 Å². The molecule has 1 aromatic rings. The zero-order valence-corrected chi connectivity index (χ0v) is 11.7. The third kappa shape index (κ3) is 2.89. The Hall–Kier alpha value is -1.55. The van der Waals surface area contributed by atoms with E-state index in [-0.39, 0.29) is 18.0 Å². The van der Waals surface area contributed by atoms with Gasteiger partial charge in [-0.2, -0.15) is 0 Å². The molecule has 104 valence electrons. The molecule has 1 aromatic carbocycles. The maximum Gasteiger partial charge on any atom is 0.124 e. The third-order valence-electron chi connectivity index (χ3n) is 4.01. The van der Waals surface area contributed by atoms with Crippen LogP contribution in [0.15, 0.2) is 18.2 Å². The number of nitrogens with zero attached hydrogens (tertiary/aromatic N) is 1. The SMILES string of the molecule is Cc1ccc(C(=N)N)c(N(C)C2CCCCC2O)c1. The number of hydrogen-bond acceptors (Lipinski definition) is 3. The van der Waals surface area contributed by atoms with Gasteiger partial charge >= 0.3 is 0 Å². The van der Waals surface area contributed by atoms with Crippen LogP contribution in [-0.4, -0.2) is 30.1 Å². The standard InChI is InChI=1S/C15H23N3O/c1-10-7-8-11(15(16)17)13(9-10)18(2)12-5-3-4-6-14(12)19/h7-9,12,14,19H,3-6H2,1-2H3,(H3,16,17). The number of nitrogens with two attached hydrogens (primary N) is 1. The number of benzene rings is 1. The summed E-state index contributed by atoms with van der Waals surface area (Å²) in [4.78, 5) is 2.09. The van der Waals surface area contributed by atoms with E-state index in [1.54, 1.807) is 0 Å². The molecule has 19 heavy (non-hydrogen) atoms. The summed E-state index contributed by atoms with van der Waals surface area (Å²) in [5.74, 6) is 0.0761. The van der Waals surface area contributed by atoms with Gasteiger partial charge in [-0.1, -0.05) is 18.9 Å². The summed E-state index contributed by atoms with van der Waals surface area (Å²) in [5.41, 5.74) is 8.48. The highest BCUT2D eigenvalue weighted by Crippen LogP contribution is 2.29. The lowest BCUT2D eigenvalue weighted by molar-refractivity contribution is 0.106. The first-order chi connectivity index (χ1) is 9.00. The molecule has 4 heteroatoms. The number of anilines is 1. The van der Waals surface area contributed by atoms with E-state index in [1.165, 1.54) is 0 Å². The van der Waals surface area contributed by atoms with E-state index in [0.717, 1.165) is 42.5 Å². The maximum atomic E-state index is 10.2. The Balaban J connectivity index is 2.34. The van der Waals surface area contributed by atoms with Gasteiger partial charge in [0.2, 0.25) is 0 Å². The molecule has 2 atom stereocenters. The number of aryl methyl sites for hydroxylation is 1. The summed E-state index contributed by atoms with van der Waals surface area (Å²) in [6.07, 6.45) is 3.80. The van der Waals surface area contributed by atoms with Crippen molar-refractivity contribution in [3.8, 4) is 0 Å². The predicted octanol–water partition coefficient (Wildman–Crippen LogP) is 2.02. The zero-order valence-electron chi connectivity index (χ0n) is 11.7. The summed E-state index contributed by atoms with van der Waals surface area (Å²) in [7, 11) is 1.99. The van der Waals surface area contributed by atoms with Crippen LogP contribution in [0, 0.1) is 12.3 Å². The van der Waals surface area contributed by atoms with Crippen LogP contribution in [0.3, 0.4) is 0 Å². The Morgan fingerprint density at radius 3 is 2.68 bits per heavy atom. The second-order valence-electron chi connectivity index (χ2n) is 5.46. The summed E-state index contributed by atoms with van der Waals surface area (Å²) >= 11 is 0. The van der Waals surface area contributed by atoms with Crippen molar-refractivity contribution < 1.29 is 5.11 Å². The first-order valence-corrected chi connectivity index (χ1v) is 6.86. The van der Waals surface area contributed by atoms with Crippen LogP contribution in [0.2, 0.25) is 0 Å². The number of aliphatic hydroxyl groups excluding tert-OH is 1. The molecule has 0 heterocycles. The average molecular weight is 261 g/mol. The summed E-state index contributed by atoms with van der Waals surface area (Å²) in [6.45, 7) is 2.03. The molecule has 1 aliphatic rings. The van der Waals surface area contributed by atoms with Gasteiger partial charge in [0.05, 0.1) is 12.1 Å². The minimum Gasteiger partial charge on any atom is -0.391 e. The molecule has 0 bridgehead atoms. The third-order valence-corrected chi connectivity index (χ3v) is 4.01. The van der Waals surface area contributed by atoms with Crippen molar-refractivity contribution in [3.05, 3.63) is 29.3 Å². The van der Waals surface area contributed by atoms with E-state index in [4.69, 9.17) is 11.1 Å². The first-order valence-electron chi connectivity index (χ1n) is 6.86. The van der Waals surface area contributed by atoms with E-state index in [2.05, 4.69) is 4.90 Å². The summed E-state index contributed by atoms with van der Waals surface area (Å²) in [6, 6.07) is 6.01. The lowest BCUT2D eigenvalue weighted by atomic mass is 9.91. The second kappa shape index (κ2) is 5.61. The molecule has 1 saturated carbocycles. The van der Waals surface area contributed by atoms with Crippen LogP contribution in [0.4, 0.5) is 5.69 Å². The molecule has 4 N–H and O–H groups in total. The second-order valence-corrected chi connectivity index (χ2v) is 5.46. The molecule has 0 aromatic heterocycles. The summed E-state index contributed by atoms with van der Waals surface area (Å²) in [5, 5.41) is 17.9. The number of rotatable bonds is 3. The number of nitrogen functional groups attached to an aromatic ring is 1. The molecule has 2 unspecified atom stereocenters. The van der Waals surface area contributed by atoms with Crippen LogP contribution < -0.4 is 10.6 Å². The number of nitrogens with one attached hydrogen (secondary N) is 1. The Morgan fingerprint density at radius 1 is 1.37 bits per heavy atom. The van der Waals surface area contributed by atoms with Gasteiger partial charge < -0.3 is 15.7 Å². The Bertz CT molecular complexity index is 472. The van der Waals surface area contributed by atoms with Gasteiger partial charge in [0, 0.05) is 18.3 Å². The van der Waals surface area contributed by atoms with E-state index in [0.29, 0.717) is 0 Å².